The van der Waals surface area contributed by atoms with Crippen LogP contribution in [0, 0.1) is 0 Å². The van der Waals surface area contributed by atoms with E-state index in [-0.39, 0.29) is 35.1 Å². The molecule has 0 fully saturated rings. The van der Waals surface area contributed by atoms with Crippen LogP contribution < -0.4 is 34.5 Å². The van der Waals surface area contributed by atoms with Crippen LogP contribution in [0.4, 0.5) is 0 Å². The number of hydrogen-bond acceptors (Lipinski definition) is 4. The predicted molar refractivity (Wildman–Crippen MR) is 50.4 cm³/mol. The quantitative estimate of drug-likeness (QED) is 0.497. The molecule has 0 N–H and O–H groups in total. The molecule has 1 aromatic rings. The number of rotatable bonds is 3. The summed E-state index contributed by atoms with van der Waals surface area (Å²) in [5, 5.41) is 0.430. The van der Waals surface area contributed by atoms with E-state index in [0.717, 1.165) is 7.11 Å². The van der Waals surface area contributed by atoms with Crippen molar-refractivity contribution in [1.29, 1.82) is 0 Å². The number of carbonyl (C=O) groups excluding carboxylic acids is 1. The normalized spacial score (nSPS) is 13.8. The molecule has 7 heteroatoms. The van der Waals surface area contributed by atoms with E-state index in [1.165, 1.54) is 24.3 Å². The average molecular weight is 257 g/mol. The van der Waals surface area contributed by atoms with Crippen molar-refractivity contribution in [2.45, 2.75) is 0 Å². The fraction of sp³-hybridized carbons (Fsp3) is 0.125. The second-order valence-corrected chi connectivity index (χ2v) is 4.69. The topological polar surface area (TPSA) is 66.4 Å². The van der Waals surface area contributed by atoms with E-state index in [9.17, 15) is 14.3 Å². The van der Waals surface area contributed by atoms with Crippen molar-refractivity contribution in [1.82, 2.24) is 0 Å². The van der Waals surface area contributed by atoms with Crippen molar-refractivity contribution in [3.8, 4) is 0 Å². The van der Waals surface area contributed by atoms with Gasteiger partial charge in [-0.15, -0.1) is 0 Å². The molecule has 1 rings (SSSR count). The fourth-order valence-electron chi connectivity index (χ4n) is 0.833. The summed E-state index contributed by atoms with van der Waals surface area (Å²) in [6.45, 7) is 0. The molecule has 1 aromatic carbocycles. The largest absolute Gasteiger partial charge is 1.00 e. The zero-order valence-corrected chi connectivity index (χ0v) is 11.9. The first kappa shape index (κ1) is 15.3. The van der Waals surface area contributed by atoms with Gasteiger partial charge in [-0.2, -0.15) is 0 Å². The molecule has 1 unspecified atom stereocenters. The van der Waals surface area contributed by atoms with Crippen LogP contribution in [0.25, 0.3) is 0 Å². The van der Waals surface area contributed by atoms with Gasteiger partial charge in [0.25, 0.3) is 0 Å². The molecule has 4 nitrogen and oxygen atoms in total. The van der Waals surface area contributed by atoms with Crippen LogP contribution in [-0.2, 0) is 9.09 Å². The summed E-state index contributed by atoms with van der Waals surface area (Å²) >= 11 is 5.57. The van der Waals surface area contributed by atoms with Gasteiger partial charge in [-0.05, 0) is 24.3 Å². The Hall–Kier alpha value is 0.330. The molecule has 0 heterocycles. The van der Waals surface area contributed by atoms with E-state index in [1.807, 2.05) is 0 Å². The summed E-state index contributed by atoms with van der Waals surface area (Å²) in [5.74, 6) is 0. The third-order valence-electron chi connectivity index (χ3n) is 1.58. The van der Waals surface area contributed by atoms with Crippen LogP contribution in [0.1, 0.15) is 10.4 Å². The molecular weight excluding hydrogens is 250 g/mol. The van der Waals surface area contributed by atoms with Gasteiger partial charge in [-0.1, -0.05) is 11.6 Å². The number of carbonyl (C=O) groups is 1. The van der Waals surface area contributed by atoms with E-state index in [1.54, 1.807) is 0 Å². The van der Waals surface area contributed by atoms with E-state index in [4.69, 9.17) is 11.6 Å². The summed E-state index contributed by atoms with van der Waals surface area (Å²) in [6.07, 6.45) is 0. The molecule has 0 radical (unpaired) electrons. The Bertz CT molecular complexity index is 392. The van der Waals surface area contributed by atoms with Gasteiger partial charge >= 0.3 is 29.6 Å². The van der Waals surface area contributed by atoms with Crippen molar-refractivity contribution in [3.63, 3.8) is 0 Å². The number of halogens is 1. The van der Waals surface area contributed by atoms with Crippen LogP contribution in [0.15, 0.2) is 24.3 Å². The first-order valence-electron chi connectivity index (χ1n) is 3.64. The number of benzene rings is 1. The minimum atomic E-state index is -4.43. The van der Waals surface area contributed by atoms with E-state index in [0.29, 0.717) is 5.02 Å². The molecule has 76 valence electrons. The SMILES string of the molecule is COP(=O)([O-])C(=O)c1ccc(Cl)cc1.[Na+]. The Morgan fingerprint density at radius 1 is 1.40 bits per heavy atom. The molecule has 0 aromatic heterocycles. The van der Waals surface area contributed by atoms with Crippen molar-refractivity contribution >= 4 is 24.7 Å². The third kappa shape index (κ3) is 4.00. The van der Waals surface area contributed by atoms with Crippen LogP contribution >= 0.6 is 19.2 Å². The monoisotopic (exact) mass is 256 g/mol. The molecule has 0 bridgehead atoms. The minimum absolute atomic E-state index is 0. The molecule has 0 saturated carbocycles. The van der Waals surface area contributed by atoms with E-state index < -0.39 is 13.1 Å². The van der Waals surface area contributed by atoms with E-state index >= 15 is 0 Å². The average Bonchev–Trinajstić information content (AvgIpc) is 2.18. The molecule has 0 amide bonds. The molecule has 15 heavy (non-hydrogen) atoms. The molecule has 0 aliphatic heterocycles. The maximum atomic E-state index is 11.3. The second kappa shape index (κ2) is 6.16. The van der Waals surface area contributed by atoms with Gasteiger partial charge in [-0.25, -0.2) is 0 Å². The Balaban J connectivity index is 0.00000196. The minimum Gasteiger partial charge on any atom is -0.773 e. The predicted octanol–water partition coefficient (Wildman–Crippen LogP) is -1.32. The van der Waals surface area contributed by atoms with Crippen LogP contribution in [-0.4, -0.2) is 12.6 Å². The maximum absolute atomic E-state index is 11.3. The van der Waals surface area contributed by atoms with Gasteiger partial charge in [0.1, 0.15) is 0 Å². The Kier molecular flexibility index (Phi) is 6.30. The first-order valence-corrected chi connectivity index (χ1v) is 5.56. The Labute approximate surface area is 114 Å². The van der Waals surface area contributed by atoms with Gasteiger partial charge in [0.15, 0.2) is 0 Å². The molecule has 1 atom stereocenters. The summed E-state index contributed by atoms with van der Waals surface area (Å²) in [4.78, 5) is 22.3. The van der Waals surface area contributed by atoms with Gasteiger partial charge in [0, 0.05) is 17.7 Å². The molecule has 0 aliphatic carbocycles. The van der Waals surface area contributed by atoms with Gasteiger partial charge < -0.3 is 14.0 Å². The summed E-state index contributed by atoms with van der Waals surface area (Å²) in [5.41, 5.74) is -1.01. The molecule has 0 saturated heterocycles. The van der Waals surface area contributed by atoms with Crippen molar-refractivity contribution in [2.75, 3.05) is 7.11 Å². The van der Waals surface area contributed by atoms with Crippen molar-refractivity contribution < 1.29 is 48.3 Å². The number of hydrogen-bond donors (Lipinski definition) is 0. The Morgan fingerprint density at radius 3 is 2.27 bits per heavy atom. The smallest absolute Gasteiger partial charge is 0.773 e. The summed E-state index contributed by atoms with van der Waals surface area (Å²) in [6, 6.07) is 5.53. The zero-order chi connectivity index (χ0) is 10.8. The molecule has 0 aliphatic rings. The fourth-order valence-corrected chi connectivity index (χ4v) is 1.59. The van der Waals surface area contributed by atoms with Crippen molar-refractivity contribution in [3.05, 3.63) is 34.9 Å². The van der Waals surface area contributed by atoms with Crippen LogP contribution in [0.3, 0.4) is 0 Å². The zero-order valence-electron chi connectivity index (χ0n) is 8.27. The summed E-state index contributed by atoms with van der Waals surface area (Å²) in [7, 11) is -3.49. The third-order valence-corrected chi connectivity index (χ3v) is 3.07. The molecular formula is C8H7ClNaO4P. The summed E-state index contributed by atoms with van der Waals surface area (Å²) < 4.78 is 15.1. The first-order chi connectivity index (χ1) is 6.47. The van der Waals surface area contributed by atoms with Gasteiger partial charge in [0.2, 0.25) is 13.1 Å². The van der Waals surface area contributed by atoms with Crippen LogP contribution in [0.2, 0.25) is 5.02 Å². The van der Waals surface area contributed by atoms with Gasteiger partial charge in [-0.3, -0.25) is 4.79 Å². The maximum Gasteiger partial charge on any atom is 1.00 e. The van der Waals surface area contributed by atoms with Crippen molar-refractivity contribution in [2.24, 2.45) is 0 Å². The van der Waals surface area contributed by atoms with E-state index in [2.05, 4.69) is 4.52 Å². The molecule has 0 spiro atoms. The van der Waals surface area contributed by atoms with Crippen LogP contribution in [0.5, 0.6) is 0 Å². The van der Waals surface area contributed by atoms with Gasteiger partial charge in [0.05, 0.1) is 0 Å². The standard InChI is InChI=1S/C8H8ClO4P.Na/c1-13-14(11,12)8(10)6-2-4-7(9)5-3-6;/h2-5H,1H3,(H,11,12);/q;+1/p-1. The second-order valence-electron chi connectivity index (χ2n) is 2.49. The Morgan fingerprint density at radius 2 is 1.87 bits per heavy atom.